The molecular weight excluding hydrogens is 208 g/mol. The molecule has 0 aliphatic carbocycles. The number of aliphatic hydroxyl groups is 1. The van der Waals surface area contributed by atoms with Crippen LogP contribution in [-0.2, 0) is 0 Å². The minimum Gasteiger partial charge on any atom is -0.396 e. The molecule has 1 amide bonds. The molecule has 3 N–H and O–H groups in total. The van der Waals surface area contributed by atoms with Gasteiger partial charge in [-0.3, -0.25) is 4.79 Å². The van der Waals surface area contributed by atoms with Crippen molar-refractivity contribution in [2.75, 3.05) is 25.0 Å². The number of aromatic nitrogens is 2. The van der Waals surface area contributed by atoms with Crippen molar-refractivity contribution in [3.63, 3.8) is 0 Å². The number of hydrogen-bond donors (Lipinski definition) is 3. The van der Waals surface area contributed by atoms with E-state index in [9.17, 15) is 4.79 Å². The standard InChI is InChI=1S/C10H16N4O2/c1-2-11-10(16)8-4-5-9(14-13-8)12-6-3-7-15/h4-5,15H,2-3,6-7H2,1H3,(H,11,16)(H,12,14). The zero-order valence-corrected chi connectivity index (χ0v) is 9.23. The van der Waals surface area contributed by atoms with Gasteiger partial charge in [-0.25, -0.2) is 0 Å². The summed E-state index contributed by atoms with van der Waals surface area (Å²) in [4.78, 5) is 11.3. The van der Waals surface area contributed by atoms with Gasteiger partial charge >= 0.3 is 0 Å². The molecule has 0 atom stereocenters. The first-order valence-electron chi connectivity index (χ1n) is 5.24. The normalized spacial score (nSPS) is 9.88. The van der Waals surface area contributed by atoms with Crippen molar-refractivity contribution in [3.8, 4) is 0 Å². The number of nitrogens with one attached hydrogen (secondary N) is 2. The third-order valence-electron chi connectivity index (χ3n) is 1.88. The van der Waals surface area contributed by atoms with Crippen LogP contribution in [0.15, 0.2) is 12.1 Å². The van der Waals surface area contributed by atoms with Crippen LogP contribution in [-0.4, -0.2) is 40.9 Å². The molecule has 1 aromatic heterocycles. The second kappa shape index (κ2) is 6.73. The molecule has 0 aliphatic rings. The number of amides is 1. The van der Waals surface area contributed by atoms with Crippen LogP contribution >= 0.6 is 0 Å². The summed E-state index contributed by atoms with van der Waals surface area (Å²) in [6, 6.07) is 3.30. The summed E-state index contributed by atoms with van der Waals surface area (Å²) in [6.45, 7) is 3.18. The molecule has 0 aromatic carbocycles. The van der Waals surface area contributed by atoms with Gasteiger partial charge < -0.3 is 15.7 Å². The number of rotatable bonds is 6. The van der Waals surface area contributed by atoms with Gasteiger partial charge in [-0.1, -0.05) is 0 Å². The van der Waals surface area contributed by atoms with E-state index in [1.807, 2.05) is 6.92 Å². The molecule has 0 radical (unpaired) electrons. The average Bonchev–Trinajstić information content (AvgIpc) is 2.30. The van der Waals surface area contributed by atoms with Crippen LogP contribution in [0, 0.1) is 0 Å². The van der Waals surface area contributed by atoms with Crippen molar-refractivity contribution in [1.29, 1.82) is 0 Å². The van der Waals surface area contributed by atoms with E-state index in [2.05, 4.69) is 20.8 Å². The lowest BCUT2D eigenvalue weighted by molar-refractivity contribution is 0.0950. The van der Waals surface area contributed by atoms with Gasteiger partial charge in [0.2, 0.25) is 0 Å². The van der Waals surface area contributed by atoms with Crippen molar-refractivity contribution in [3.05, 3.63) is 17.8 Å². The van der Waals surface area contributed by atoms with Crippen LogP contribution in [0.5, 0.6) is 0 Å². The van der Waals surface area contributed by atoms with Gasteiger partial charge in [0.25, 0.3) is 5.91 Å². The zero-order chi connectivity index (χ0) is 11.8. The lowest BCUT2D eigenvalue weighted by Crippen LogP contribution is -2.24. The fourth-order valence-corrected chi connectivity index (χ4v) is 1.09. The summed E-state index contributed by atoms with van der Waals surface area (Å²) in [7, 11) is 0. The zero-order valence-electron chi connectivity index (χ0n) is 9.23. The molecule has 16 heavy (non-hydrogen) atoms. The summed E-state index contributed by atoms with van der Waals surface area (Å²) in [5.74, 6) is 0.374. The first kappa shape index (κ1) is 12.4. The monoisotopic (exact) mass is 224 g/mol. The van der Waals surface area contributed by atoms with E-state index in [4.69, 9.17) is 5.11 Å². The molecule has 0 bridgehead atoms. The van der Waals surface area contributed by atoms with E-state index in [1.54, 1.807) is 12.1 Å². The van der Waals surface area contributed by atoms with E-state index in [-0.39, 0.29) is 12.5 Å². The highest BCUT2D eigenvalue weighted by Gasteiger charge is 2.05. The Balaban J connectivity index is 2.50. The van der Waals surface area contributed by atoms with Gasteiger partial charge in [0, 0.05) is 19.7 Å². The van der Waals surface area contributed by atoms with E-state index >= 15 is 0 Å². The van der Waals surface area contributed by atoms with Crippen molar-refractivity contribution >= 4 is 11.7 Å². The number of carbonyl (C=O) groups excluding carboxylic acids is 1. The van der Waals surface area contributed by atoms with E-state index in [0.29, 0.717) is 31.0 Å². The first-order valence-corrected chi connectivity index (χ1v) is 5.24. The van der Waals surface area contributed by atoms with E-state index in [0.717, 1.165) is 0 Å². The van der Waals surface area contributed by atoms with Crippen molar-refractivity contribution < 1.29 is 9.90 Å². The van der Waals surface area contributed by atoms with Crippen molar-refractivity contribution in [2.45, 2.75) is 13.3 Å². The van der Waals surface area contributed by atoms with Gasteiger partial charge in [0.05, 0.1) is 0 Å². The molecular formula is C10H16N4O2. The topological polar surface area (TPSA) is 87.1 Å². The van der Waals surface area contributed by atoms with Gasteiger partial charge in [-0.15, -0.1) is 10.2 Å². The van der Waals surface area contributed by atoms with Crippen molar-refractivity contribution in [1.82, 2.24) is 15.5 Å². The van der Waals surface area contributed by atoms with Crippen molar-refractivity contribution in [2.24, 2.45) is 0 Å². The smallest absolute Gasteiger partial charge is 0.271 e. The molecule has 0 saturated carbocycles. The lowest BCUT2D eigenvalue weighted by Gasteiger charge is -2.04. The Bertz CT molecular complexity index is 326. The highest BCUT2D eigenvalue weighted by Crippen LogP contribution is 2.01. The number of anilines is 1. The number of nitrogens with zero attached hydrogens (tertiary/aromatic N) is 2. The summed E-state index contributed by atoms with van der Waals surface area (Å²) in [5.41, 5.74) is 0.301. The molecule has 0 fully saturated rings. The van der Waals surface area contributed by atoms with Crippen LogP contribution in [0.25, 0.3) is 0 Å². The lowest BCUT2D eigenvalue weighted by atomic mass is 10.3. The molecule has 0 spiro atoms. The van der Waals surface area contributed by atoms with Crippen LogP contribution in [0.2, 0.25) is 0 Å². The maximum atomic E-state index is 11.3. The van der Waals surface area contributed by atoms with E-state index < -0.39 is 0 Å². The Morgan fingerprint density at radius 2 is 2.25 bits per heavy atom. The third kappa shape index (κ3) is 3.82. The molecule has 6 nitrogen and oxygen atoms in total. The minimum atomic E-state index is -0.225. The van der Waals surface area contributed by atoms with Gasteiger partial charge in [-0.2, -0.15) is 0 Å². The summed E-state index contributed by atoms with van der Waals surface area (Å²) < 4.78 is 0. The third-order valence-corrected chi connectivity index (χ3v) is 1.88. The predicted molar refractivity (Wildman–Crippen MR) is 60.2 cm³/mol. The largest absolute Gasteiger partial charge is 0.396 e. The van der Waals surface area contributed by atoms with E-state index in [1.165, 1.54) is 0 Å². The maximum absolute atomic E-state index is 11.3. The fourth-order valence-electron chi connectivity index (χ4n) is 1.09. The molecule has 0 unspecified atom stereocenters. The van der Waals surface area contributed by atoms with Crippen LogP contribution in [0.4, 0.5) is 5.82 Å². The molecule has 1 heterocycles. The molecule has 1 rings (SSSR count). The molecule has 0 saturated heterocycles. The Kier molecular flexibility index (Phi) is 5.21. The Morgan fingerprint density at radius 1 is 1.44 bits per heavy atom. The summed E-state index contributed by atoms with van der Waals surface area (Å²) >= 11 is 0. The fraction of sp³-hybridized carbons (Fsp3) is 0.500. The molecule has 88 valence electrons. The maximum Gasteiger partial charge on any atom is 0.271 e. The number of carbonyl (C=O) groups is 1. The first-order chi connectivity index (χ1) is 7.77. The molecule has 6 heteroatoms. The Labute approximate surface area is 94.1 Å². The highest BCUT2D eigenvalue weighted by atomic mass is 16.3. The van der Waals surface area contributed by atoms with Crippen LogP contribution < -0.4 is 10.6 Å². The second-order valence-electron chi connectivity index (χ2n) is 3.17. The van der Waals surface area contributed by atoms with Gasteiger partial charge in [-0.05, 0) is 25.5 Å². The van der Waals surface area contributed by atoms with Gasteiger partial charge in [0.1, 0.15) is 5.82 Å². The van der Waals surface area contributed by atoms with Crippen LogP contribution in [0.1, 0.15) is 23.8 Å². The van der Waals surface area contributed by atoms with Gasteiger partial charge in [0.15, 0.2) is 5.69 Å². The SMILES string of the molecule is CCNC(=O)c1ccc(NCCCO)nn1. The highest BCUT2D eigenvalue weighted by molar-refractivity contribution is 5.92. The van der Waals surface area contributed by atoms with Crippen LogP contribution in [0.3, 0.4) is 0 Å². The summed E-state index contributed by atoms with van der Waals surface area (Å²) in [5, 5.41) is 21.8. The quantitative estimate of drug-likeness (QED) is 0.593. The number of hydrogen-bond acceptors (Lipinski definition) is 5. The second-order valence-corrected chi connectivity index (χ2v) is 3.17. The molecule has 1 aromatic rings. The average molecular weight is 224 g/mol. The summed E-state index contributed by atoms with van der Waals surface area (Å²) in [6.07, 6.45) is 0.653. The predicted octanol–water partition coefficient (Wildman–Crippen LogP) is 0.0206. The minimum absolute atomic E-state index is 0.136. The number of aliphatic hydroxyl groups excluding tert-OH is 1. The molecule has 0 aliphatic heterocycles. The Hall–Kier alpha value is -1.69. The Morgan fingerprint density at radius 3 is 2.81 bits per heavy atom.